The van der Waals surface area contributed by atoms with Crippen LogP contribution in [0.25, 0.3) is 0 Å². The van der Waals surface area contributed by atoms with Crippen LogP contribution in [0.15, 0.2) is 24.3 Å². The number of hydrogen-bond acceptors (Lipinski definition) is 4. The molecule has 1 heterocycles. The summed E-state index contributed by atoms with van der Waals surface area (Å²) in [6.07, 6.45) is 2.91. The Morgan fingerprint density at radius 2 is 1.77 bits per heavy atom. The maximum atomic E-state index is 8.64. The van der Waals surface area contributed by atoms with E-state index in [2.05, 4.69) is 47.1 Å². The van der Waals surface area contributed by atoms with Gasteiger partial charge >= 0.3 is 0 Å². The first-order chi connectivity index (χ1) is 10.8. The molecule has 0 aromatic heterocycles. The molecule has 4 heteroatoms. The largest absolute Gasteiger partial charge is 0.494 e. The molecule has 1 aliphatic heterocycles. The topological polar surface area (TPSA) is 39.5 Å². The normalized spacial score (nSPS) is 16.4. The zero-order chi connectivity index (χ0) is 15.6. The molecule has 1 aromatic carbocycles. The van der Waals surface area contributed by atoms with Gasteiger partial charge < -0.3 is 4.74 Å². The second-order valence-corrected chi connectivity index (χ2v) is 5.87. The van der Waals surface area contributed by atoms with Crippen LogP contribution < -0.4 is 4.74 Å². The van der Waals surface area contributed by atoms with E-state index in [-0.39, 0.29) is 0 Å². The van der Waals surface area contributed by atoms with Gasteiger partial charge in [-0.05, 0) is 24.1 Å². The first-order valence-electron chi connectivity index (χ1n) is 8.35. The van der Waals surface area contributed by atoms with Gasteiger partial charge in [0.15, 0.2) is 0 Å². The van der Waals surface area contributed by atoms with Crippen LogP contribution in [-0.2, 0) is 6.54 Å². The van der Waals surface area contributed by atoms with Crippen molar-refractivity contribution in [1.82, 2.24) is 9.80 Å². The number of piperazine rings is 1. The Morgan fingerprint density at radius 1 is 1.09 bits per heavy atom. The van der Waals surface area contributed by atoms with Gasteiger partial charge in [-0.3, -0.25) is 9.80 Å². The van der Waals surface area contributed by atoms with Gasteiger partial charge in [0.05, 0.1) is 12.7 Å². The molecule has 0 radical (unpaired) electrons. The SMILES string of the molecule is CCCCOc1ccc(CN2CCN(CCC#N)CC2)cc1. The van der Waals surface area contributed by atoms with Crippen molar-refractivity contribution in [2.24, 2.45) is 0 Å². The van der Waals surface area contributed by atoms with Crippen molar-refractivity contribution in [1.29, 1.82) is 5.26 Å². The summed E-state index contributed by atoms with van der Waals surface area (Å²) >= 11 is 0. The van der Waals surface area contributed by atoms with Crippen molar-refractivity contribution < 1.29 is 4.74 Å². The van der Waals surface area contributed by atoms with Gasteiger partial charge in [-0.2, -0.15) is 5.26 Å². The monoisotopic (exact) mass is 301 g/mol. The smallest absolute Gasteiger partial charge is 0.119 e. The lowest BCUT2D eigenvalue weighted by atomic mass is 10.2. The molecular formula is C18H27N3O. The van der Waals surface area contributed by atoms with Crippen LogP contribution in [0.1, 0.15) is 31.7 Å². The lowest BCUT2D eigenvalue weighted by Gasteiger charge is -2.34. The van der Waals surface area contributed by atoms with E-state index >= 15 is 0 Å². The van der Waals surface area contributed by atoms with Crippen molar-refractivity contribution in [2.45, 2.75) is 32.7 Å². The fourth-order valence-corrected chi connectivity index (χ4v) is 2.66. The summed E-state index contributed by atoms with van der Waals surface area (Å²) in [6, 6.07) is 10.7. The third-order valence-corrected chi connectivity index (χ3v) is 4.10. The Morgan fingerprint density at radius 3 is 2.41 bits per heavy atom. The minimum absolute atomic E-state index is 0.638. The highest BCUT2D eigenvalue weighted by molar-refractivity contribution is 5.27. The molecule has 0 saturated carbocycles. The maximum absolute atomic E-state index is 8.64. The Labute approximate surface area is 134 Å². The van der Waals surface area contributed by atoms with E-state index in [1.165, 1.54) is 12.0 Å². The fraction of sp³-hybridized carbons (Fsp3) is 0.611. The number of rotatable bonds is 8. The Kier molecular flexibility index (Phi) is 7.21. The Balaban J connectivity index is 1.72. The van der Waals surface area contributed by atoms with Gasteiger partial charge in [-0.25, -0.2) is 0 Å². The van der Waals surface area contributed by atoms with Gasteiger partial charge in [0, 0.05) is 45.7 Å². The maximum Gasteiger partial charge on any atom is 0.119 e. The van der Waals surface area contributed by atoms with Gasteiger partial charge in [0.2, 0.25) is 0 Å². The number of nitriles is 1. The van der Waals surface area contributed by atoms with Crippen LogP contribution in [0.3, 0.4) is 0 Å². The summed E-state index contributed by atoms with van der Waals surface area (Å²) < 4.78 is 5.70. The number of unbranched alkanes of at least 4 members (excludes halogenated alkanes) is 1. The molecular weight excluding hydrogens is 274 g/mol. The van der Waals surface area contributed by atoms with Crippen LogP contribution in [-0.4, -0.2) is 49.1 Å². The number of hydrogen-bond donors (Lipinski definition) is 0. The molecule has 0 bridgehead atoms. The summed E-state index contributed by atoms with van der Waals surface area (Å²) in [5.41, 5.74) is 1.34. The highest BCUT2D eigenvalue weighted by Gasteiger charge is 2.16. The molecule has 120 valence electrons. The molecule has 4 nitrogen and oxygen atoms in total. The molecule has 1 aromatic rings. The predicted octanol–water partition coefficient (Wildman–Crippen LogP) is 2.90. The zero-order valence-electron chi connectivity index (χ0n) is 13.6. The van der Waals surface area contributed by atoms with Crippen molar-refractivity contribution in [2.75, 3.05) is 39.3 Å². The molecule has 0 N–H and O–H groups in total. The third-order valence-electron chi connectivity index (χ3n) is 4.10. The minimum atomic E-state index is 0.638. The average molecular weight is 301 g/mol. The van der Waals surface area contributed by atoms with Gasteiger partial charge in [0.1, 0.15) is 5.75 Å². The lowest BCUT2D eigenvalue weighted by Crippen LogP contribution is -2.46. The van der Waals surface area contributed by atoms with Crippen LogP contribution in [0.2, 0.25) is 0 Å². The van der Waals surface area contributed by atoms with E-state index in [0.717, 1.165) is 58.0 Å². The average Bonchev–Trinajstić information content (AvgIpc) is 2.56. The summed E-state index contributed by atoms with van der Waals surface area (Å²) in [7, 11) is 0. The van der Waals surface area contributed by atoms with E-state index < -0.39 is 0 Å². The fourth-order valence-electron chi connectivity index (χ4n) is 2.66. The van der Waals surface area contributed by atoms with E-state index in [1.54, 1.807) is 0 Å². The molecule has 0 amide bonds. The van der Waals surface area contributed by atoms with Gasteiger partial charge in [0.25, 0.3) is 0 Å². The van der Waals surface area contributed by atoms with E-state index in [9.17, 15) is 0 Å². The molecule has 0 aliphatic carbocycles. The summed E-state index contributed by atoms with van der Waals surface area (Å²) in [6.45, 7) is 9.20. The highest BCUT2D eigenvalue weighted by atomic mass is 16.5. The first-order valence-corrected chi connectivity index (χ1v) is 8.35. The predicted molar refractivity (Wildman–Crippen MR) is 88.8 cm³/mol. The van der Waals surface area contributed by atoms with Crippen LogP contribution in [0.5, 0.6) is 5.75 Å². The molecule has 0 unspecified atom stereocenters. The molecule has 1 saturated heterocycles. The number of ether oxygens (including phenoxy) is 1. The molecule has 1 aliphatic rings. The number of nitrogens with zero attached hydrogens (tertiary/aromatic N) is 3. The van der Waals surface area contributed by atoms with E-state index in [1.807, 2.05) is 0 Å². The number of benzene rings is 1. The van der Waals surface area contributed by atoms with Gasteiger partial charge in [-0.15, -0.1) is 0 Å². The van der Waals surface area contributed by atoms with Gasteiger partial charge in [-0.1, -0.05) is 25.5 Å². The Bertz CT molecular complexity index is 458. The van der Waals surface area contributed by atoms with Crippen molar-refractivity contribution in [3.8, 4) is 11.8 Å². The molecule has 0 atom stereocenters. The van der Waals surface area contributed by atoms with Crippen LogP contribution >= 0.6 is 0 Å². The van der Waals surface area contributed by atoms with Crippen molar-refractivity contribution >= 4 is 0 Å². The zero-order valence-corrected chi connectivity index (χ0v) is 13.6. The molecule has 22 heavy (non-hydrogen) atoms. The van der Waals surface area contributed by atoms with E-state index in [4.69, 9.17) is 10.00 Å². The highest BCUT2D eigenvalue weighted by Crippen LogP contribution is 2.15. The van der Waals surface area contributed by atoms with Crippen molar-refractivity contribution in [3.05, 3.63) is 29.8 Å². The van der Waals surface area contributed by atoms with Crippen LogP contribution in [0, 0.1) is 11.3 Å². The minimum Gasteiger partial charge on any atom is -0.494 e. The summed E-state index contributed by atoms with van der Waals surface area (Å²) in [5.74, 6) is 0.971. The standard InChI is InChI=1S/C18H27N3O/c1-2-3-15-22-18-7-5-17(6-8-18)16-21-13-11-20(12-14-21)10-4-9-19/h5-8H,2-4,10-16H2,1H3. The molecule has 2 rings (SSSR count). The summed E-state index contributed by atoms with van der Waals surface area (Å²) in [5, 5.41) is 8.64. The second kappa shape index (κ2) is 9.45. The molecule has 1 fully saturated rings. The second-order valence-electron chi connectivity index (χ2n) is 5.87. The van der Waals surface area contributed by atoms with Crippen LogP contribution in [0.4, 0.5) is 0 Å². The first kappa shape index (κ1) is 16.8. The molecule has 0 spiro atoms. The quantitative estimate of drug-likeness (QED) is 0.692. The Hall–Kier alpha value is -1.57. The van der Waals surface area contributed by atoms with E-state index in [0.29, 0.717) is 6.42 Å². The summed E-state index contributed by atoms with van der Waals surface area (Å²) in [4.78, 5) is 4.86. The van der Waals surface area contributed by atoms with Crippen molar-refractivity contribution in [3.63, 3.8) is 0 Å². The third kappa shape index (κ3) is 5.67. The lowest BCUT2D eigenvalue weighted by molar-refractivity contribution is 0.129.